The molecule has 7 heteroatoms. The Labute approximate surface area is 209 Å². The Morgan fingerprint density at radius 2 is 1.61 bits per heavy atom. The summed E-state index contributed by atoms with van der Waals surface area (Å²) in [6.07, 6.45) is 1.52. The van der Waals surface area contributed by atoms with E-state index < -0.39 is 0 Å². The number of nitrogens with zero attached hydrogens (tertiary/aromatic N) is 3. The van der Waals surface area contributed by atoms with Gasteiger partial charge in [-0.2, -0.15) is 5.26 Å². The number of carbonyl (C=O) groups excluding carboxylic acids is 2. The zero-order chi connectivity index (χ0) is 25.5. The minimum Gasteiger partial charge on any atom is -0.342 e. The van der Waals surface area contributed by atoms with Crippen LogP contribution < -0.4 is 0 Å². The van der Waals surface area contributed by atoms with Gasteiger partial charge in [-0.05, 0) is 65.9 Å². The predicted octanol–water partition coefficient (Wildman–Crippen LogP) is 4.85. The van der Waals surface area contributed by atoms with E-state index in [1.165, 1.54) is 24.3 Å². The molecule has 1 aliphatic heterocycles. The molecule has 184 valence electrons. The van der Waals surface area contributed by atoms with Crippen molar-refractivity contribution in [3.8, 4) is 6.07 Å². The second kappa shape index (κ2) is 11.6. The van der Waals surface area contributed by atoms with E-state index in [0.29, 0.717) is 43.6 Å². The lowest BCUT2D eigenvalue weighted by atomic mass is 9.95. The maximum atomic E-state index is 13.8. The molecule has 1 atom stereocenters. The number of likely N-dealkylation sites (tertiary alicyclic amines) is 1. The van der Waals surface area contributed by atoms with E-state index in [9.17, 15) is 18.4 Å². The number of hydrogen-bond acceptors (Lipinski definition) is 3. The fourth-order valence-corrected chi connectivity index (χ4v) is 4.52. The second-order valence-electron chi connectivity index (χ2n) is 9.12. The highest BCUT2D eigenvalue weighted by molar-refractivity contribution is 5.82. The standard InChI is InChI=1S/C29H27F2N3O2/c30-26-12-10-21(11-13-26)16-28(35)33-14-2-4-25(20-33)29(36)34(19-24-3-1-5-27(31)15-24)18-23-8-6-22(17-32)7-9-23/h1,3,5-13,15,25H,2,4,14,16,18-20H2. The van der Waals surface area contributed by atoms with Crippen molar-refractivity contribution in [3.05, 3.63) is 107 Å². The third-order valence-electron chi connectivity index (χ3n) is 6.42. The van der Waals surface area contributed by atoms with Gasteiger partial charge in [0.2, 0.25) is 11.8 Å². The molecule has 36 heavy (non-hydrogen) atoms. The summed E-state index contributed by atoms with van der Waals surface area (Å²) in [5.41, 5.74) is 2.79. The third-order valence-corrected chi connectivity index (χ3v) is 6.42. The predicted molar refractivity (Wildman–Crippen MR) is 131 cm³/mol. The lowest BCUT2D eigenvalue weighted by Gasteiger charge is -2.35. The van der Waals surface area contributed by atoms with Gasteiger partial charge in [-0.25, -0.2) is 8.78 Å². The highest BCUT2D eigenvalue weighted by Gasteiger charge is 2.31. The fraction of sp³-hybridized carbons (Fsp3) is 0.276. The van der Waals surface area contributed by atoms with Crippen molar-refractivity contribution >= 4 is 11.8 Å². The van der Waals surface area contributed by atoms with Crippen molar-refractivity contribution in [2.45, 2.75) is 32.4 Å². The summed E-state index contributed by atoms with van der Waals surface area (Å²) in [7, 11) is 0. The van der Waals surface area contributed by atoms with Gasteiger partial charge >= 0.3 is 0 Å². The summed E-state index contributed by atoms with van der Waals surface area (Å²) in [5.74, 6) is -1.28. The van der Waals surface area contributed by atoms with Crippen LogP contribution in [0.15, 0.2) is 72.8 Å². The van der Waals surface area contributed by atoms with Gasteiger partial charge in [0.25, 0.3) is 0 Å². The number of amides is 2. The van der Waals surface area contributed by atoms with Crippen LogP contribution in [0.2, 0.25) is 0 Å². The van der Waals surface area contributed by atoms with Crippen LogP contribution in [-0.4, -0.2) is 34.7 Å². The molecule has 1 heterocycles. The maximum Gasteiger partial charge on any atom is 0.228 e. The summed E-state index contributed by atoms with van der Waals surface area (Å²) in [6.45, 7) is 1.42. The van der Waals surface area contributed by atoms with Crippen molar-refractivity contribution in [1.82, 2.24) is 9.80 Å². The molecule has 1 aliphatic rings. The average molecular weight is 488 g/mol. The molecule has 0 N–H and O–H groups in total. The van der Waals surface area contributed by atoms with E-state index >= 15 is 0 Å². The molecule has 3 aromatic rings. The Morgan fingerprint density at radius 1 is 0.917 bits per heavy atom. The van der Waals surface area contributed by atoms with Crippen LogP contribution in [0.3, 0.4) is 0 Å². The van der Waals surface area contributed by atoms with Gasteiger partial charge in [-0.15, -0.1) is 0 Å². The molecule has 0 saturated carbocycles. The van der Waals surface area contributed by atoms with Crippen molar-refractivity contribution in [2.24, 2.45) is 5.92 Å². The smallest absolute Gasteiger partial charge is 0.228 e. The molecule has 5 nitrogen and oxygen atoms in total. The fourth-order valence-electron chi connectivity index (χ4n) is 4.52. The average Bonchev–Trinajstić information content (AvgIpc) is 2.89. The van der Waals surface area contributed by atoms with Gasteiger partial charge in [0, 0.05) is 26.2 Å². The zero-order valence-corrected chi connectivity index (χ0v) is 19.9. The number of piperidine rings is 1. The van der Waals surface area contributed by atoms with Crippen LogP contribution >= 0.6 is 0 Å². The molecule has 1 unspecified atom stereocenters. The van der Waals surface area contributed by atoms with Crippen molar-refractivity contribution in [1.29, 1.82) is 5.26 Å². The third kappa shape index (κ3) is 6.54. The largest absolute Gasteiger partial charge is 0.342 e. The maximum absolute atomic E-state index is 13.8. The Bertz CT molecular complexity index is 1250. The van der Waals surface area contributed by atoms with Gasteiger partial charge in [0.15, 0.2) is 0 Å². The highest BCUT2D eigenvalue weighted by atomic mass is 19.1. The molecule has 0 aromatic heterocycles. The number of hydrogen-bond donors (Lipinski definition) is 0. The first kappa shape index (κ1) is 25.1. The van der Waals surface area contributed by atoms with Crippen molar-refractivity contribution < 1.29 is 18.4 Å². The van der Waals surface area contributed by atoms with E-state index in [0.717, 1.165) is 11.1 Å². The Hall–Kier alpha value is -4.05. The molecule has 0 aliphatic carbocycles. The van der Waals surface area contributed by atoms with Gasteiger partial charge in [-0.1, -0.05) is 36.4 Å². The molecule has 1 saturated heterocycles. The topological polar surface area (TPSA) is 64.4 Å². The normalized spacial score (nSPS) is 15.2. The number of benzene rings is 3. The summed E-state index contributed by atoms with van der Waals surface area (Å²) < 4.78 is 27.0. The van der Waals surface area contributed by atoms with Gasteiger partial charge in [0.1, 0.15) is 11.6 Å². The number of halogens is 2. The van der Waals surface area contributed by atoms with E-state index in [1.807, 2.05) is 12.1 Å². The first-order valence-electron chi connectivity index (χ1n) is 12.0. The molecular weight excluding hydrogens is 460 g/mol. The second-order valence-corrected chi connectivity index (χ2v) is 9.12. The SMILES string of the molecule is N#Cc1ccc(CN(Cc2cccc(F)c2)C(=O)C2CCCN(C(=O)Cc3ccc(F)cc3)C2)cc1. The molecule has 0 spiro atoms. The van der Waals surface area contributed by atoms with Crippen LogP contribution in [0.25, 0.3) is 0 Å². The summed E-state index contributed by atoms with van der Waals surface area (Å²) in [6, 6.07) is 21.1. The molecule has 0 bridgehead atoms. The Morgan fingerprint density at radius 3 is 2.31 bits per heavy atom. The lowest BCUT2D eigenvalue weighted by molar-refractivity contribution is -0.141. The minimum absolute atomic E-state index is 0.0945. The van der Waals surface area contributed by atoms with E-state index in [-0.39, 0.29) is 42.3 Å². The molecule has 4 rings (SSSR count). The number of carbonyl (C=O) groups is 2. The van der Waals surface area contributed by atoms with Crippen LogP contribution in [0.4, 0.5) is 8.78 Å². The van der Waals surface area contributed by atoms with E-state index in [1.54, 1.807) is 46.2 Å². The summed E-state index contributed by atoms with van der Waals surface area (Å²) in [5, 5.41) is 9.07. The van der Waals surface area contributed by atoms with Crippen LogP contribution in [0.1, 0.15) is 35.1 Å². The first-order chi connectivity index (χ1) is 17.4. The van der Waals surface area contributed by atoms with Crippen molar-refractivity contribution in [3.63, 3.8) is 0 Å². The number of rotatable bonds is 7. The Balaban J connectivity index is 1.48. The van der Waals surface area contributed by atoms with Crippen molar-refractivity contribution in [2.75, 3.05) is 13.1 Å². The lowest BCUT2D eigenvalue weighted by Crippen LogP contribution is -2.46. The van der Waals surface area contributed by atoms with Crippen LogP contribution in [-0.2, 0) is 29.1 Å². The molecule has 3 aromatic carbocycles. The monoisotopic (exact) mass is 487 g/mol. The van der Waals surface area contributed by atoms with Gasteiger partial charge in [0.05, 0.1) is 24.0 Å². The van der Waals surface area contributed by atoms with Crippen LogP contribution in [0, 0.1) is 28.9 Å². The van der Waals surface area contributed by atoms with Gasteiger partial charge in [-0.3, -0.25) is 9.59 Å². The molecule has 0 radical (unpaired) electrons. The molecule has 2 amide bonds. The highest BCUT2D eigenvalue weighted by Crippen LogP contribution is 2.23. The zero-order valence-electron chi connectivity index (χ0n) is 19.9. The summed E-state index contributed by atoms with van der Waals surface area (Å²) in [4.78, 5) is 30.0. The van der Waals surface area contributed by atoms with E-state index in [4.69, 9.17) is 5.26 Å². The quantitative estimate of drug-likeness (QED) is 0.479. The van der Waals surface area contributed by atoms with Crippen LogP contribution in [0.5, 0.6) is 0 Å². The Kier molecular flexibility index (Phi) is 8.06. The first-order valence-corrected chi connectivity index (χ1v) is 12.0. The summed E-state index contributed by atoms with van der Waals surface area (Å²) >= 11 is 0. The number of nitriles is 1. The van der Waals surface area contributed by atoms with E-state index in [2.05, 4.69) is 6.07 Å². The molecular formula is C29H27F2N3O2. The van der Waals surface area contributed by atoms with Gasteiger partial charge < -0.3 is 9.80 Å². The minimum atomic E-state index is -0.372. The molecule has 1 fully saturated rings.